The fourth-order valence-corrected chi connectivity index (χ4v) is 2.37. The SMILES string of the molecule is CC(O)CC(C)(C)CNC(=O)[C@H](O)c1ccccc1Cl. The fourth-order valence-electron chi connectivity index (χ4n) is 2.13. The van der Waals surface area contributed by atoms with E-state index in [4.69, 9.17) is 11.6 Å². The van der Waals surface area contributed by atoms with E-state index in [9.17, 15) is 15.0 Å². The zero-order chi connectivity index (χ0) is 15.3. The Morgan fingerprint density at radius 3 is 2.50 bits per heavy atom. The van der Waals surface area contributed by atoms with Gasteiger partial charge in [-0.25, -0.2) is 0 Å². The van der Waals surface area contributed by atoms with Crippen LogP contribution in [0.1, 0.15) is 38.9 Å². The smallest absolute Gasteiger partial charge is 0.253 e. The van der Waals surface area contributed by atoms with Crippen LogP contribution in [-0.2, 0) is 4.79 Å². The normalized spacial score (nSPS) is 14.7. The third kappa shape index (κ3) is 5.12. The molecule has 0 fully saturated rings. The van der Waals surface area contributed by atoms with Gasteiger partial charge < -0.3 is 15.5 Å². The van der Waals surface area contributed by atoms with Gasteiger partial charge in [0.25, 0.3) is 5.91 Å². The molecule has 4 nitrogen and oxygen atoms in total. The highest BCUT2D eigenvalue weighted by molar-refractivity contribution is 6.31. The van der Waals surface area contributed by atoms with Crippen LogP contribution in [0.2, 0.25) is 5.02 Å². The summed E-state index contributed by atoms with van der Waals surface area (Å²) in [5.74, 6) is -0.489. The molecule has 1 aromatic rings. The molecule has 3 N–H and O–H groups in total. The van der Waals surface area contributed by atoms with Crippen molar-refractivity contribution in [1.29, 1.82) is 0 Å². The second kappa shape index (κ2) is 7.07. The zero-order valence-electron chi connectivity index (χ0n) is 12.1. The van der Waals surface area contributed by atoms with Crippen LogP contribution >= 0.6 is 11.6 Å². The Morgan fingerprint density at radius 1 is 1.35 bits per heavy atom. The number of benzene rings is 1. The average Bonchev–Trinajstić information content (AvgIpc) is 2.34. The molecule has 20 heavy (non-hydrogen) atoms. The molecule has 0 bridgehead atoms. The molecule has 1 amide bonds. The Labute approximate surface area is 124 Å². The minimum absolute atomic E-state index is 0.246. The van der Waals surface area contributed by atoms with Gasteiger partial charge in [-0.05, 0) is 24.8 Å². The first-order valence-corrected chi connectivity index (χ1v) is 6.99. The van der Waals surface area contributed by atoms with E-state index < -0.39 is 18.1 Å². The van der Waals surface area contributed by atoms with E-state index in [0.29, 0.717) is 23.6 Å². The standard InChI is InChI=1S/C15H22ClNO3/c1-10(18)8-15(2,3)9-17-14(20)13(19)11-6-4-5-7-12(11)16/h4-7,10,13,18-19H,8-9H2,1-3H3,(H,17,20)/t10?,13-/m1/s1. The zero-order valence-corrected chi connectivity index (χ0v) is 12.8. The number of hydrogen-bond acceptors (Lipinski definition) is 3. The Hall–Kier alpha value is -1.10. The summed E-state index contributed by atoms with van der Waals surface area (Å²) < 4.78 is 0. The van der Waals surface area contributed by atoms with Crippen molar-refractivity contribution < 1.29 is 15.0 Å². The lowest BCUT2D eigenvalue weighted by Crippen LogP contribution is -2.38. The molecule has 2 atom stereocenters. The van der Waals surface area contributed by atoms with Gasteiger partial charge in [-0.1, -0.05) is 43.6 Å². The molecule has 0 saturated heterocycles. The van der Waals surface area contributed by atoms with Crippen molar-refractivity contribution >= 4 is 17.5 Å². The highest BCUT2D eigenvalue weighted by atomic mass is 35.5. The van der Waals surface area contributed by atoms with Crippen LogP contribution in [0.15, 0.2) is 24.3 Å². The number of amides is 1. The topological polar surface area (TPSA) is 69.6 Å². The number of carbonyl (C=O) groups excluding carboxylic acids is 1. The Bertz CT molecular complexity index is 460. The lowest BCUT2D eigenvalue weighted by molar-refractivity contribution is -0.130. The Kier molecular flexibility index (Phi) is 5.99. The number of aliphatic hydroxyl groups is 2. The van der Waals surface area contributed by atoms with Gasteiger partial charge in [-0.15, -0.1) is 0 Å². The molecular weight excluding hydrogens is 278 g/mol. The maximum absolute atomic E-state index is 11.9. The predicted octanol–water partition coefficient (Wildman–Crippen LogP) is 2.29. The lowest BCUT2D eigenvalue weighted by Gasteiger charge is -2.27. The third-order valence-electron chi connectivity index (χ3n) is 3.04. The summed E-state index contributed by atoms with van der Waals surface area (Å²) in [6, 6.07) is 6.70. The third-order valence-corrected chi connectivity index (χ3v) is 3.38. The van der Waals surface area contributed by atoms with Crippen molar-refractivity contribution in [3.05, 3.63) is 34.9 Å². The number of hydrogen-bond donors (Lipinski definition) is 3. The molecule has 0 aliphatic heterocycles. The maximum atomic E-state index is 11.9. The highest BCUT2D eigenvalue weighted by Crippen LogP contribution is 2.24. The van der Waals surface area contributed by atoms with Crippen LogP contribution in [0, 0.1) is 5.41 Å². The van der Waals surface area contributed by atoms with Gasteiger partial charge in [0.2, 0.25) is 0 Å². The van der Waals surface area contributed by atoms with Crippen molar-refractivity contribution in [3.8, 4) is 0 Å². The lowest BCUT2D eigenvalue weighted by atomic mass is 9.87. The van der Waals surface area contributed by atoms with Gasteiger partial charge in [-0.3, -0.25) is 4.79 Å². The van der Waals surface area contributed by atoms with Crippen molar-refractivity contribution in [2.75, 3.05) is 6.54 Å². The molecule has 0 radical (unpaired) electrons. The molecule has 0 aromatic heterocycles. The van der Waals surface area contributed by atoms with E-state index in [-0.39, 0.29) is 5.41 Å². The second-order valence-electron chi connectivity index (χ2n) is 5.86. The van der Waals surface area contributed by atoms with E-state index in [1.165, 1.54) is 0 Å². The van der Waals surface area contributed by atoms with Gasteiger partial charge in [0.1, 0.15) is 0 Å². The summed E-state index contributed by atoms with van der Waals surface area (Å²) in [6.45, 7) is 5.98. The van der Waals surface area contributed by atoms with Gasteiger partial charge in [0.05, 0.1) is 6.10 Å². The van der Waals surface area contributed by atoms with E-state index in [0.717, 1.165) is 0 Å². The minimum Gasteiger partial charge on any atom is -0.393 e. The van der Waals surface area contributed by atoms with Crippen LogP contribution < -0.4 is 5.32 Å². The average molecular weight is 300 g/mol. The van der Waals surface area contributed by atoms with E-state index in [1.807, 2.05) is 13.8 Å². The molecule has 0 aliphatic carbocycles. The molecule has 0 aliphatic rings. The van der Waals surface area contributed by atoms with Crippen LogP contribution in [0.4, 0.5) is 0 Å². The number of aliphatic hydroxyl groups excluding tert-OH is 2. The van der Waals surface area contributed by atoms with Gasteiger partial charge in [0.15, 0.2) is 6.10 Å². The minimum atomic E-state index is -1.29. The Morgan fingerprint density at radius 2 is 1.95 bits per heavy atom. The van der Waals surface area contributed by atoms with E-state index in [1.54, 1.807) is 31.2 Å². The fraction of sp³-hybridized carbons (Fsp3) is 0.533. The molecule has 112 valence electrons. The number of nitrogens with one attached hydrogen (secondary N) is 1. The summed E-state index contributed by atoms with van der Waals surface area (Å²) in [7, 11) is 0. The first kappa shape index (κ1) is 17.0. The summed E-state index contributed by atoms with van der Waals surface area (Å²) in [5.41, 5.74) is 0.143. The number of carbonyl (C=O) groups is 1. The largest absolute Gasteiger partial charge is 0.393 e. The van der Waals surface area contributed by atoms with E-state index in [2.05, 4.69) is 5.32 Å². The summed E-state index contributed by atoms with van der Waals surface area (Å²) in [5, 5.41) is 22.5. The van der Waals surface area contributed by atoms with Crippen molar-refractivity contribution in [1.82, 2.24) is 5.32 Å². The van der Waals surface area contributed by atoms with Crippen LogP contribution in [0.3, 0.4) is 0 Å². The molecule has 0 heterocycles. The molecule has 1 rings (SSSR count). The maximum Gasteiger partial charge on any atom is 0.253 e. The van der Waals surface area contributed by atoms with Gasteiger partial charge in [0, 0.05) is 17.1 Å². The summed E-state index contributed by atoms with van der Waals surface area (Å²) in [6.07, 6.45) is -1.16. The van der Waals surface area contributed by atoms with Crippen LogP contribution in [0.25, 0.3) is 0 Å². The molecule has 1 unspecified atom stereocenters. The van der Waals surface area contributed by atoms with Crippen LogP contribution in [-0.4, -0.2) is 28.8 Å². The summed E-state index contributed by atoms with van der Waals surface area (Å²) >= 11 is 5.95. The second-order valence-corrected chi connectivity index (χ2v) is 6.27. The van der Waals surface area contributed by atoms with E-state index >= 15 is 0 Å². The number of halogens is 1. The van der Waals surface area contributed by atoms with Crippen LogP contribution in [0.5, 0.6) is 0 Å². The number of rotatable bonds is 6. The van der Waals surface area contributed by atoms with Gasteiger partial charge in [-0.2, -0.15) is 0 Å². The van der Waals surface area contributed by atoms with Crippen molar-refractivity contribution in [3.63, 3.8) is 0 Å². The quantitative estimate of drug-likeness (QED) is 0.755. The molecule has 1 aromatic carbocycles. The molecule has 0 spiro atoms. The molecule has 0 saturated carbocycles. The molecular formula is C15H22ClNO3. The summed E-state index contributed by atoms with van der Waals surface area (Å²) in [4.78, 5) is 11.9. The monoisotopic (exact) mass is 299 g/mol. The van der Waals surface area contributed by atoms with Gasteiger partial charge >= 0.3 is 0 Å². The first-order valence-electron chi connectivity index (χ1n) is 6.61. The Balaban J connectivity index is 2.61. The first-order chi connectivity index (χ1) is 9.23. The highest BCUT2D eigenvalue weighted by Gasteiger charge is 2.24. The molecule has 5 heteroatoms. The van der Waals surface area contributed by atoms with Crippen molar-refractivity contribution in [2.24, 2.45) is 5.41 Å². The van der Waals surface area contributed by atoms with Crippen molar-refractivity contribution in [2.45, 2.75) is 39.4 Å². The predicted molar refractivity (Wildman–Crippen MR) is 79.5 cm³/mol.